The van der Waals surface area contributed by atoms with E-state index in [4.69, 9.17) is 16.1 Å². The van der Waals surface area contributed by atoms with E-state index in [1.54, 1.807) is 13.8 Å². The van der Waals surface area contributed by atoms with Crippen molar-refractivity contribution < 1.29 is 9.46 Å². The van der Waals surface area contributed by atoms with E-state index in [-0.39, 0.29) is 5.66 Å². The summed E-state index contributed by atoms with van der Waals surface area (Å²) in [6.45, 7) is -0.0556. The maximum Gasteiger partial charge on any atom is 0.290 e. The molecule has 44 valence electrons. The van der Waals surface area contributed by atoms with Crippen molar-refractivity contribution in [1.29, 1.82) is 0 Å². The fourth-order valence-electron chi connectivity index (χ4n) is 0. The molecule has 0 heterocycles. The Morgan fingerprint density at radius 3 is 1.86 bits per heavy atom. The third kappa shape index (κ3) is 3.10. The van der Waals surface area contributed by atoms with Gasteiger partial charge in [-0.1, -0.05) is 13.8 Å². The van der Waals surface area contributed by atoms with Crippen LogP contribution in [0.15, 0.2) is 0 Å². The fourth-order valence-corrected chi connectivity index (χ4v) is 0. The van der Waals surface area contributed by atoms with Crippen molar-refractivity contribution in [2.75, 3.05) is 0 Å². The predicted octanol–water partition coefficient (Wildman–Crippen LogP) is 1.82. The molecular formula is C3H8ClO2P. The van der Waals surface area contributed by atoms with Gasteiger partial charge in [0.05, 0.1) is 0 Å². The SMILES string of the molecule is CC(C)P(=O)(O)Cl. The summed E-state index contributed by atoms with van der Waals surface area (Å²) in [7, 11) is 0. The first-order valence-corrected chi connectivity index (χ1v) is 4.60. The van der Waals surface area contributed by atoms with E-state index in [2.05, 4.69) is 0 Å². The van der Waals surface area contributed by atoms with Gasteiger partial charge in [0.25, 0.3) is 6.72 Å². The zero-order valence-electron chi connectivity index (χ0n) is 4.26. The molecule has 1 atom stereocenters. The first-order valence-electron chi connectivity index (χ1n) is 1.96. The van der Waals surface area contributed by atoms with E-state index in [1.807, 2.05) is 0 Å². The molecule has 7 heavy (non-hydrogen) atoms. The lowest BCUT2D eigenvalue weighted by atomic mass is 10.6. The highest BCUT2D eigenvalue weighted by molar-refractivity contribution is 7.85. The first kappa shape index (κ1) is 7.48. The van der Waals surface area contributed by atoms with Crippen LogP contribution in [0.4, 0.5) is 0 Å². The standard InChI is InChI=1S/C3H8ClO2P/c1-3(2)7(4,5)6/h3H,1-2H3,(H,5,6). The molecule has 1 N–H and O–H groups in total. The third-order valence-electron chi connectivity index (χ3n) is 0.637. The van der Waals surface area contributed by atoms with Crippen molar-refractivity contribution in [1.82, 2.24) is 0 Å². The van der Waals surface area contributed by atoms with E-state index in [0.717, 1.165) is 0 Å². The van der Waals surface area contributed by atoms with Gasteiger partial charge < -0.3 is 4.89 Å². The van der Waals surface area contributed by atoms with Crippen molar-refractivity contribution in [3.05, 3.63) is 0 Å². The van der Waals surface area contributed by atoms with Gasteiger partial charge in [0, 0.05) is 5.66 Å². The van der Waals surface area contributed by atoms with Gasteiger partial charge in [-0.05, 0) is 11.2 Å². The van der Waals surface area contributed by atoms with E-state index in [9.17, 15) is 4.57 Å². The molecular weight excluding hydrogens is 134 g/mol. The average molecular weight is 143 g/mol. The summed E-state index contributed by atoms with van der Waals surface area (Å²) < 4.78 is 10.2. The van der Waals surface area contributed by atoms with Gasteiger partial charge in [-0.15, -0.1) is 0 Å². The van der Waals surface area contributed by atoms with Crippen molar-refractivity contribution >= 4 is 18.0 Å². The normalized spacial score (nSPS) is 19.6. The van der Waals surface area contributed by atoms with Crippen LogP contribution < -0.4 is 0 Å². The van der Waals surface area contributed by atoms with Crippen LogP contribution in [0.2, 0.25) is 0 Å². The van der Waals surface area contributed by atoms with Crippen LogP contribution in [0.25, 0.3) is 0 Å². The molecule has 0 saturated carbocycles. The van der Waals surface area contributed by atoms with Gasteiger partial charge in [0.1, 0.15) is 0 Å². The van der Waals surface area contributed by atoms with Gasteiger partial charge >= 0.3 is 0 Å². The molecule has 0 aromatic carbocycles. The Hall–Kier alpha value is 0.480. The summed E-state index contributed by atoms with van der Waals surface area (Å²) in [6, 6.07) is 0. The molecule has 1 unspecified atom stereocenters. The quantitative estimate of drug-likeness (QED) is 0.567. The van der Waals surface area contributed by atoms with Gasteiger partial charge in [-0.2, -0.15) is 0 Å². The molecule has 0 saturated heterocycles. The minimum absolute atomic E-state index is 0.325. The topological polar surface area (TPSA) is 37.3 Å². The lowest BCUT2D eigenvalue weighted by molar-refractivity contribution is 0.487. The molecule has 0 bridgehead atoms. The minimum Gasteiger partial charge on any atom is -0.333 e. The van der Waals surface area contributed by atoms with E-state index >= 15 is 0 Å². The van der Waals surface area contributed by atoms with Gasteiger partial charge in [0.15, 0.2) is 0 Å². The second-order valence-electron chi connectivity index (χ2n) is 1.64. The van der Waals surface area contributed by atoms with Crippen LogP contribution in [0.1, 0.15) is 13.8 Å². The number of halogens is 1. The lowest BCUT2D eigenvalue weighted by Crippen LogP contribution is -1.88. The van der Waals surface area contributed by atoms with E-state index in [0.29, 0.717) is 0 Å². The molecule has 0 amide bonds. The van der Waals surface area contributed by atoms with Crippen molar-refractivity contribution in [2.24, 2.45) is 0 Å². The number of hydrogen-bond acceptors (Lipinski definition) is 1. The average Bonchev–Trinajstić information content (AvgIpc) is 1.31. The minimum atomic E-state index is -3.27. The molecule has 0 aliphatic heterocycles. The highest BCUT2D eigenvalue weighted by atomic mass is 35.7. The Morgan fingerprint density at radius 1 is 1.71 bits per heavy atom. The maximum absolute atomic E-state index is 10.2. The van der Waals surface area contributed by atoms with Gasteiger partial charge in [-0.3, -0.25) is 4.57 Å². The van der Waals surface area contributed by atoms with Crippen LogP contribution in [0, 0.1) is 0 Å². The Bertz CT molecular complexity index is 95.1. The summed E-state index contributed by atoms with van der Waals surface area (Å²) in [5.41, 5.74) is -0.325. The molecule has 0 aromatic rings. The summed E-state index contributed by atoms with van der Waals surface area (Å²) in [5.74, 6) is 0. The number of hydrogen-bond donors (Lipinski definition) is 1. The van der Waals surface area contributed by atoms with E-state index < -0.39 is 6.72 Å². The van der Waals surface area contributed by atoms with Gasteiger partial charge in [0.2, 0.25) is 0 Å². The molecule has 0 aliphatic rings. The molecule has 0 fully saturated rings. The van der Waals surface area contributed by atoms with Crippen LogP contribution in [-0.4, -0.2) is 10.6 Å². The monoisotopic (exact) mass is 142 g/mol. The van der Waals surface area contributed by atoms with Crippen LogP contribution in [0.3, 0.4) is 0 Å². The highest BCUT2D eigenvalue weighted by Crippen LogP contribution is 2.50. The van der Waals surface area contributed by atoms with Crippen LogP contribution in [0.5, 0.6) is 0 Å². The van der Waals surface area contributed by atoms with Crippen LogP contribution in [-0.2, 0) is 4.57 Å². The zero-order valence-corrected chi connectivity index (χ0v) is 5.91. The summed E-state index contributed by atoms with van der Waals surface area (Å²) >= 11 is 4.98. The highest BCUT2D eigenvalue weighted by Gasteiger charge is 2.17. The summed E-state index contributed by atoms with van der Waals surface area (Å²) in [5, 5.41) is 0. The third-order valence-corrected chi connectivity index (χ3v) is 3.08. The van der Waals surface area contributed by atoms with Crippen LogP contribution >= 0.6 is 18.0 Å². The van der Waals surface area contributed by atoms with Gasteiger partial charge in [-0.25, -0.2) is 0 Å². The van der Waals surface area contributed by atoms with Crippen molar-refractivity contribution in [3.63, 3.8) is 0 Å². The molecule has 0 aromatic heterocycles. The largest absolute Gasteiger partial charge is 0.333 e. The zero-order chi connectivity index (χ0) is 6.08. The second kappa shape index (κ2) is 2.17. The molecule has 2 nitrogen and oxygen atoms in total. The predicted molar refractivity (Wildman–Crippen MR) is 30.8 cm³/mol. The fraction of sp³-hybridized carbons (Fsp3) is 1.00. The smallest absolute Gasteiger partial charge is 0.290 e. The Kier molecular flexibility index (Phi) is 2.31. The lowest BCUT2D eigenvalue weighted by Gasteiger charge is -2.03. The molecule has 0 aliphatic carbocycles. The van der Waals surface area contributed by atoms with Crippen molar-refractivity contribution in [3.8, 4) is 0 Å². The number of rotatable bonds is 1. The molecule has 0 spiro atoms. The Balaban J connectivity index is 3.80. The van der Waals surface area contributed by atoms with Crippen molar-refractivity contribution in [2.45, 2.75) is 19.5 Å². The molecule has 0 radical (unpaired) electrons. The summed E-state index contributed by atoms with van der Waals surface area (Å²) in [4.78, 5) is 8.42. The maximum atomic E-state index is 10.2. The Morgan fingerprint density at radius 2 is 1.86 bits per heavy atom. The first-order chi connectivity index (χ1) is 2.94. The molecule has 4 heteroatoms. The Labute approximate surface area is 47.7 Å². The summed E-state index contributed by atoms with van der Waals surface area (Å²) in [6.07, 6.45) is 0. The molecule has 0 rings (SSSR count). The second-order valence-corrected chi connectivity index (χ2v) is 5.21. The van der Waals surface area contributed by atoms with E-state index in [1.165, 1.54) is 0 Å².